The van der Waals surface area contributed by atoms with Crippen molar-refractivity contribution in [1.82, 2.24) is 0 Å². The number of nitriles is 1. The lowest BCUT2D eigenvalue weighted by Crippen LogP contribution is -2.14. The van der Waals surface area contributed by atoms with E-state index in [0.29, 0.717) is 41.0 Å². The molecule has 0 radical (unpaired) electrons. The molecule has 0 fully saturated rings. The first-order valence-corrected chi connectivity index (χ1v) is 11.3. The third-order valence-corrected chi connectivity index (χ3v) is 5.64. The molecule has 0 spiro atoms. The fourth-order valence-corrected chi connectivity index (χ4v) is 3.61. The molecule has 0 saturated carbocycles. The van der Waals surface area contributed by atoms with Crippen LogP contribution in [0.15, 0.2) is 60.2 Å². The number of benzene rings is 3. The molecule has 34 heavy (non-hydrogen) atoms. The number of hydrogen-bond donors (Lipinski definition) is 1. The van der Waals surface area contributed by atoms with Crippen LogP contribution in [0.5, 0.6) is 11.5 Å². The first kappa shape index (κ1) is 24.9. The zero-order valence-electron chi connectivity index (χ0n) is 19.7. The van der Waals surface area contributed by atoms with Crippen LogP contribution in [0.2, 0.25) is 5.02 Å². The van der Waals surface area contributed by atoms with Crippen molar-refractivity contribution in [1.29, 1.82) is 5.26 Å². The molecule has 174 valence electrons. The van der Waals surface area contributed by atoms with Gasteiger partial charge in [-0.2, -0.15) is 5.26 Å². The van der Waals surface area contributed by atoms with E-state index in [1.54, 1.807) is 18.2 Å². The molecule has 6 heteroatoms. The summed E-state index contributed by atoms with van der Waals surface area (Å²) in [5.74, 6) is 0.365. The third-order valence-electron chi connectivity index (χ3n) is 5.36. The normalized spacial score (nSPS) is 11.0. The highest BCUT2D eigenvalue weighted by atomic mass is 35.5. The lowest BCUT2D eigenvalue weighted by atomic mass is 10.1. The highest BCUT2D eigenvalue weighted by molar-refractivity contribution is 6.32. The predicted molar refractivity (Wildman–Crippen MR) is 136 cm³/mol. The zero-order chi connectivity index (χ0) is 24.7. The third kappa shape index (κ3) is 6.18. The van der Waals surface area contributed by atoms with Gasteiger partial charge < -0.3 is 14.8 Å². The van der Waals surface area contributed by atoms with Crippen LogP contribution in [0.4, 0.5) is 5.69 Å². The Balaban J connectivity index is 1.86. The van der Waals surface area contributed by atoms with Crippen molar-refractivity contribution in [2.24, 2.45) is 0 Å². The molecule has 0 aliphatic rings. The van der Waals surface area contributed by atoms with Crippen molar-refractivity contribution in [2.45, 2.75) is 34.3 Å². The molecule has 3 rings (SSSR count). The Hall–Kier alpha value is -3.75. The quantitative estimate of drug-likeness (QED) is 0.288. The number of carbonyl (C=O) groups excluding carboxylic acids is 1. The molecule has 0 saturated heterocycles. The second kappa shape index (κ2) is 11.4. The van der Waals surface area contributed by atoms with Crippen LogP contribution in [0, 0.1) is 32.1 Å². The van der Waals surface area contributed by atoms with E-state index >= 15 is 0 Å². The molecule has 0 atom stereocenters. The van der Waals surface area contributed by atoms with Crippen LogP contribution in [0.1, 0.15) is 34.7 Å². The first-order chi connectivity index (χ1) is 16.3. The molecule has 3 aromatic rings. The van der Waals surface area contributed by atoms with E-state index in [-0.39, 0.29) is 5.57 Å². The number of halogens is 1. The standard InChI is InChI=1S/C28H27ClN2O3/c1-5-33-26-15-22(13-23(16-30)28(32)31-25-9-7-6-8-19(25)3)14-24(29)27(26)34-17-21-11-10-18(2)20(4)12-21/h6-15H,5,17H2,1-4H3,(H,31,32)/b23-13+. The molecule has 5 nitrogen and oxygen atoms in total. The van der Waals surface area contributed by atoms with E-state index in [0.717, 1.165) is 11.1 Å². The summed E-state index contributed by atoms with van der Waals surface area (Å²) in [6.07, 6.45) is 1.48. The summed E-state index contributed by atoms with van der Waals surface area (Å²) in [6, 6.07) is 18.8. The summed E-state index contributed by atoms with van der Waals surface area (Å²) in [4.78, 5) is 12.7. The van der Waals surface area contributed by atoms with Gasteiger partial charge in [0.2, 0.25) is 0 Å². The maximum Gasteiger partial charge on any atom is 0.266 e. The summed E-state index contributed by atoms with van der Waals surface area (Å²) >= 11 is 6.53. The van der Waals surface area contributed by atoms with Crippen LogP contribution in [0.25, 0.3) is 6.08 Å². The van der Waals surface area contributed by atoms with E-state index in [4.69, 9.17) is 21.1 Å². The van der Waals surface area contributed by atoms with Crippen LogP contribution in [0.3, 0.4) is 0 Å². The maximum atomic E-state index is 12.7. The Bertz CT molecular complexity index is 1280. The summed E-state index contributed by atoms with van der Waals surface area (Å²) in [5, 5.41) is 12.7. The number of nitrogens with one attached hydrogen (secondary N) is 1. The van der Waals surface area contributed by atoms with Crippen molar-refractivity contribution in [2.75, 3.05) is 11.9 Å². The maximum absolute atomic E-state index is 12.7. The first-order valence-electron chi connectivity index (χ1n) is 11.0. The number of carbonyl (C=O) groups is 1. The van der Waals surface area contributed by atoms with E-state index in [1.807, 2.05) is 44.2 Å². The smallest absolute Gasteiger partial charge is 0.266 e. The molecule has 0 unspecified atom stereocenters. The summed E-state index contributed by atoms with van der Waals surface area (Å²) in [6.45, 7) is 8.60. The van der Waals surface area contributed by atoms with Gasteiger partial charge in [0.05, 0.1) is 11.6 Å². The summed E-state index contributed by atoms with van der Waals surface area (Å²) < 4.78 is 11.8. The number of para-hydroxylation sites is 1. The summed E-state index contributed by atoms with van der Waals surface area (Å²) in [7, 11) is 0. The van der Waals surface area contributed by atoms with Gasteiger partial charge in [0.15, 0.2) is 11.5 Å². The number of nitrogens with zero attached hydrogens (tertiary/aromatic N) is 1. The number of ether oxygens (including phenoxy) is 2. The topological polar surface area (TPSA) is 71.3 Å². The van der Waals surface area contributed by atoms with Crippen LogP contribution < -0.4 is 14.8 Å². The van der Waals surface area contributed by atoms with Crippen LogP contribution >= 0.6 is 11.6 Å². The minimum atomic E-state index is -0.499. The van der Waals surface area contributed by atoms with Gasteiger partial charge >= 0.3 is 0 Å². The van der Waals surface area contributed by atoms with Gasteiger partial charge in [0.1, 0.15) is 18.2 Å². The second-order valence-corrected chi connectivity index (χ2v) is 8.32. The Morgan fingerprint density at radius 3 is 2.47 bits per heavy atom. The van der Waals surface area contributed by atoms with E-state index in [1.165, 1.54) is 17.2 Å². The molecule has 0 aliphatic heterocycles. The van der Waals surface area contributed by atoms with Crippen molar-refractivity contribution < 1.29 is 14.3 Å². The minimum absolute atomic E-state index is 0.0504. The van der Waals surface area contributed by atoms with E-state index in [2.05, 4.69) is 31.3 Å². The molecule has 0 heterocycles. The van der Waals surface area contributed by atoms with Crippen LogP contribution in [-0.4, -0.2) is 12.5 Å². The number of amides is 1. The minimum Gasteiger partial charge on any atom is -0.490 e. The van der Waals surface area contributed by atoms with Gasteiger partial charge in [-0.1, -0.05) is 48.0 Å². The fourth-order valence-electron chi connectivity index (χ4n) is 3.34. The van der Waals surface area contributed by atoms with Gasteiger partial charge in [0, 0.05) is 5.69 Å². The van der Waals surface area contributed by atoms with Gasteiger partial charge in [-0.25, -0.2) is 0 Å². The Morgan fingerprint density at radius 2 is 1.79 bits per heavy atom. The molecule has 0 bridgehead atoms. The Morgan fingerprint density at radius 1 is 1.03 bits per heavy atom. The predicted octanol–water partition coefficient (Wildman–Crippen LogP) is 6.79. The largest absolute Gasteiger partial charge is 0.490 e. The number of anilines is 1. The molecular formula is C28H27ClN2O3. The SMILES string of the molecule is CCOc1cc(/C=C(\C#N)C(=O)Nc2ccccc2C)cc(Cl)c1OCc1ccc(C)c(C)c1. The molecular weight excluding hydrogens is 448 g/mol. The van der Waals surface area contributed by atoms with Gasteiger partial charge in [-0.15, -0.1) is 0 Å². The average Bonchev–Trinajstić information content (AvgIpc) is 2.80. The van der Waals surface area contributed by atoms with Gasteiger partial charge in [0.25, 0.3) is 5.91 Å². The van der Waals surface area contributed by atoms with Crippen LogP contribution in [-0.2, 0) is 11.4 Å². The fraction of sp³-hybridized carbons (Fsp3) is 0.214. The van der Waals surface area contributed by atoms with E-state index in [9.17, 15) is 10.1 Å². The molecule has 3 aromatic carbocycles. The van der Waals surface area contributed by atoms with Crippen molar-refractivity contribution in [3.05, 3.63) is 93.0 Å². The lowest BCUT2D eigenvalue weighted by Gasteiger charge is -2.15. The average molecular weight is 475 g/mol. The van der Waals surface area contributed by atoms with Crippen molar-refractivity contribution >= 4 is 29.3 Å². The Labute approximate surface area is 205 Å². The molecule has 0 aromatic heterocycles. The number of hydrogen-bond acceptors (Lipinski definition) is 4. The molecule has 1 N–H and O–H groups in total. The highest BCUT2D eigenvalue weighted by Gasteiger charge is 2.15. The second-order valence-electron chi connectivity index (χ2n) is 7.91. The lowest BCUT2D eigenvalue weighted by molar-refractivity contribution is -0.112. The molecule has 0 aliphatic carbocycles. The van der Waals surface area contributed by atoms with E-state index < -0.39 is 5.91 Å². The highest BCUT2D eigenvalue weighted by Crippen LogP contribution is 2.38. The van der Waals surface area contributed by atoms with Crippen molar-refractivity contribution in [3.8, 4) is 17.6 Å². The Kier molecular flexibility index (Phi) is 8.34. The number of rotatable bonds is 8. The molecule has 1 amide bonds. The van der Waals surface area contributed by atoms with Gasteiger partial charge in [-0.05, 0) is 79.8 Å². The monoisotopic (exact) mass is 474 g/mol. The zero-order valence-corrected chi connectivity index (χ0v) is 20.5. The summed E-state index contributed by atoms with van der Waals surface area (Å²) in [5.41, 5.74) is 5.48. The number of aryl methyl sites for hydroxylation is 3. The van der Waals surface area contributed by atoms with Crippen molar-refractivity contribution in [3.63, 3.8) is 0 Å². The van der Waals surface area contributed by atoms with Gasteiger partial charge in [-0.3, -0.25) is 4.79 Å².